The van der Waals surface area contributed by atoms with Gasteiger partial charge in [-0.3, -0.25) is 9.59 Å². The molecule has 1 N–H and O–H groups in total. The van der Waals surface area contributed by atoms with Crippen molar-refractivity contribution in [2.24, 2.45) is 0 Å². The zero-order valence-electron chi connectivity index (χ0n) is 16.0. The summed E-state index contributed by atoms with van der Waals surface area (Å²) < 4.78 is 9.40. The van der Waals surface area contributed by atoms with Crippen molar-refractivity contribution in [2.75, 3.05) is 0 Å². The number of carbonyl (C=O) groups excluding carboxylic acids is 2. The molecule has 3 rings (SSSR count). The second-order valence-corrected chi connectivity index (χ2v) is 8.56. The zero-order chi connectivity index (χ0) is 19.4. The molecule has 2 aromatic rings. The fourth-order valence-electron chi connectivity index (χ4n) is 3.52. The van der Waals surface area contributed by atoms with Crippen LogP contribution in [-0.2, 0) is 4.79 Å². The molecule has 2 amide bonds. The number of amides is 2. The summed E-state index contributed by atoms with van der Waals surface area (Å²) in [6, 6.07) is 2.61. The van der Waals surface area contributed by atoms with Crippen molar-refractivity contribution in [2.45, 2.75) is 70.5 Å². The van der Waals surface area contributed by atoms with Crippen LogP contribution in [-0.4, -0.2) is 37.9 Å². The highest BCUT2D eigenvalue weighted by Crippen LogP contribution is 2.32. The van der Waals surface area contributed by atoms with E-state index >= 15 is 0 Å². The predicted octanol–water partition coefficient (Wildman–Crippen LogP) is 3.56. The first-order chi connectivity index (χ1) is 12.9. The summed E-state index contributed by atoms with van der Waals surface area (Å²) in [6.07, 6.45) is 6.48. The standard InChI is InChI=1S/C19H26N4O3S/c1-19(2,3)20-17(24)16(15-10-7-11-26-15)23(13-8-5-4-6-9-13)18(25)14-12-27-22-21-14/h7,10-13,16H,4-6,8-9H2,1-3H3,(H,20,24)/t16-/m1/s1. The SMILES string of the molecule is CC(C)(C)NC(=O)[C@@H](c1ccco1)N(C(=O)c1csnn1)C1CCCCC1. The van der Waals surface area contributed by atoms with Crippen molar-refractivity contribution >= 4 is 23.3 Å². The van der Waals surface area contributed by atoms with Gasteiger partial charge in [-0.2, -0.15) is 0 Å². The average molecular weight is 391 g/mol. The number of nitrogens with zero attached hydrogens (tertiary/aromatic N) is 3. The van der Waals surface area contributed by atoms with Gasteiger partial charge in [0.05, 0.1) is 6.26 Å². The lowest BCUT2D eigenvalue weighted by Crippen LogP contribution is -2.52. The summed E-state index contributed by atoms with van der Waals surface area (Å²) >= 11 is 1.13. The molecule has 0 unspecified atom stereocenters. The molecule has 0 aliphatic heterocycles. The summed E-state index contributed by atoms with van der Waals surface area (Å²) in [6.45, 7) is 5.75. The van der Waals surface area contributed by atoms with E-state index in [0.717, 1.165) is 43.6 Å². The molecular formula is C19H26N4O3S. The number of nitrogens with one attached hydrogen (secondary N) is 1. The molecule has 1 aliphatic carbocycles. The van der Waals surface area contributed by atoms with Gasteiger partial charge >= 0.3 is 0 Å². The lowest BCUT2D eigenvalue weighted by molar-refractivity contribution is -0.129. The smallest absolute Gasteiger partial charge is 0.276 e. The fraction of sp³-hybridized carbons (Fsp3) is 0.579. The molecule has 1 atom stereocenters. The van der Waals surface area contributed by atoms with Crippen molar-refractivity contribution in [1.82, 2.24) is 19.8 Å². The summed E-state index contributed by atoms with van der Waals surface area (Å²) in [5.74, 6) is -0.0699. The maximum Gasteiger partial charge on any atom is 0.276 e. The van der Waals surface area contributed by atoms with Gasteiger partial charge in [-0.05, 0) is 57.3 Å². The topological polar surface area (TPSA) is 88.3 Å². The molecule has 1 aliphatic rings. The van der Waals surface area contributed by atoms with Crippen LogP contribution in [0.25, 0.3) is 0 Å². The van der Waals surface area contributed by atoms with E-state index < -0.39 is 11.6 Å². The Morgan fingerprint density at radius 3 is 2.59 bits per heavy atom. The van der Waals surface area contributed by atoms with Gasteiger partial charge in [0, 0.05) is 17.0 Å². The number of rotatable bonds is 5. The molecule has 0 spiro atoms. The third-order valence-electron chi connectivity index (χ3n) is 4.62. The Balaban J connectivity index is 2.01. The van der Waals surface area contributed by atoms with Crippen LogP contribution in [0.2, 0.25) is 0 Å². The maximum atomic E-state index is 13.3. The lowest BCUT2D eigenvalue weighted by atomic mass is 9.92. The normalized spacial score (nSPS) is 16.7. The third-order valence-corrected chi connectivity index (χ3v) is 5.12. The van der Waals surface area contributed by atoms with Crippen molar-refractivity contribution in [1.29, 1.82) is 0 Å². The Hall–Kier alpha value is -2.22. The molecule has 8 heteroatoms. The van der Waals surface area contributed by atoms with Gasteiger partial charge in [0.1, 0.15) is 5.76 Å². The van der Waals surface area contributed by atoms with E-state index in [2.05, 4.69) is 14.9 Å². The first-order valence-corrected chi connectivity index (χ1v) is 10.2. The summed E-state index contributed by atoms with van der Waals surface area (Å²) in [4.78, 5) is 28.2. The molecule has 0 radical (unpaired) electrons. The van der Waals surface area contributed by atoms with E-state index in [1.54, 1.807) is 22.4 Å². The first kappa shape index (κ1) is 19.5. The molecule has 7 nitrogen and oxygen atoms in total. The maximum absolute atomic E-state index is 13.3. The van der Waals surface area contributed by atoms with Crippen molar-refractivity contribution in [3.8, 4) is 0 Å². The highest BCUT2D eigenvalue weighted by Gasteiger charge is 2.40. The molecule has 146 valence electrons. The number of carbonyl (C=O) groups is 2. The molecular weight excluding hydrogens is 364 g/mol. The number of furan rings is 1. The van der Waals surface area contributed by atoms with E-state index in [0.29, 0.717) is 5.76 Å². The molecule has 0 aromatic carbocycles. The lowest BCUT2D eigenvalue weighted by Gasteiger charge is -2.39. The number of hydrogen-bond acceptors (Lipinski definition) is 6. The van der Waals surface area contributed by atoms with Crippen LogP contribution in [0.3, 0.4) is 0 Å². The van der Waals surface area contributed by atoms with Crippen LogP contribution in [0.1, 0.15) is 75.2 Å². The molecule has 2 heterocycles. The van der Waals surface area contributed by atoms with Crippen LogP contribution in [0.15, 0.2) is 28.2 Å². The van der Waals surface area contributed by atoms with Crippen LogP contribution < -0.4 is 5.32 Å². The monoisotopic (exact) mass is 390 g/mol. The Morgan fingerprint density at radius 2 is 2.04 bits per heavy atom. The van der Waals surface area contributed by atoms with Crippen molar-refractivity contribution < 1.29 is 14.0 Å². The number of aromatic nitrogens is 2. The van der Waals surface area contributed by atoms with E-state index in [-0.39, 0.29) is 23.6 Å². The minimum Gasteiger partial charge on any atom is -0.467 e. The number of hydrogen-bond donors (Lipinski definition) is 1. The second-order valence-electron chi connectivity index (χ2n) is 7.95. The van der Waals surface area contributed by atoms with Crippen LogP contribution in [0.5, 0.6) is 0 Å². The fourth-order valence-corrected chi connectivity index (χ4v) is 3.95. The average Bonchev–Trinajstić information content (AvgIpc) is 3.31. The minimum atomic E-state index is -0.837. The van der Waals surface area contributed by atoms with E-state index in [9.17, 15) is 9.59 Å². The second kappa shape index (κ2) is 8.21. The molecule has 27 heavy (non-hydrogen) atoms. The quantitative estimate of drug-likeness (QED) is 0.843. The van der Waals surface area contributed by atoms with Crippen LogP contribution >= 0.6 is 11.5 Å². The molecule has 2 aromatic heterocycles. The first-order valence-electron chi connectivity index (χ1n) is 9.32. The van der Waals surface area contributed by atoms with E-state index in [4.69, 9.17) is 4.42 Å². The molecule has 0 saturated heterocycles. The molecule has 0 bridgehead atoms. The van der Waals surface area contributed by atoms with Crippen LogP contribution in [0, 0.1) is 0 Å². The Labute approximate surface area is 163 Å². The van der Waals surface area contributed by atoms with Gasteiger partial charge in [0.15, 0.2) is 11.7 Å². The summed E-state index contributed by atoms with van der Waals surface area (Å²) in [7, 11) is 0. The zero-order valence-corrected chi connectivity index (χ0v) is 16.8. The highest BCUT2D eigenvalue weighted by molar-refractivity contribution is 7.03. The summed E-state index contributed by atoms with van der Waals surface area (Å²) in [5.41, 5.74) is -0.156. The van der Waals surface area contributed by atoms with E-state index in [1.807, 2.05) is 20.8 Å². The van der Waals surface area contributed by atoms with Gasteiger partial charge in [-0.15, -0.1) is 5.10 Å². The highest BCUT2D eigenvalue weighted by atomic mass is 32.1. The Bertz CT molecular complexity index is 747. The van der Waals surface area contributed by atoms with Gasteiger partial charge in [-0.25, -0.2) is 0 Å². The minimum absolute atomic E-state index is 0.0335. The van der Waals surface area contributed by atoms with Crippen LogP contribution in [0.4, 0.5) is 0 Å². The Kier molecular flexibility index (Phi) is 5.94. The van der Waals surface area contributed by atoms with Gasteiger partial charge in [0.2, 0.25) is 0 Å². The molecule has 1 fully saturated rings. The van der Waals surface area contributed by atoms with Gasteiger partial charge in [0.25, 0.3) is 11.8 Å². The van der Waals surface area contributed by atoms with Crippen molar-refractivity contribution in [3.05, 3.63) is 35.2 Å². The summed E-state index contributed by atoms with van der Waals surface area (Å²) in [5, 5.41) is 8.57. The van der Waals surface area contributed by atoms with Gasteiger partial charge < -0.3 is 14.6 Å². The molecule has 1 saturated carbocycles. The third kappa shape index (κ3) is 4.74. The Morgan fingerprint density at radius 1 is 1.30 bits per heavy atom. The van der Waals surface area contributed by atoms with Crippen molar-refractivity contribution in [3.63, 3.8) is 0 Å². The predicted molar refractivity (Wildman–Crippen MR) is 102 cm³/mol. The largest absolute Gasteiger partial charge is 0.467 e. The van der Waals surface area contributed by atoms with Gasteiger partial charge in [-0.1, -0.05) is 23.8 Å². The van der Waals surface area contributed by atoms with E-state index in [1.165, 1.54) is 6.26 Å².